The van der Waals surface area contributed by atoms with E-state index in [1.54, 1.807) is 6.92 Å². The van der Waals surface area contributed by atoms with Crippen molar-refractivity contribution < 1.29 is 32.6 Å². The van der Waals surface area contributed by atoms with Crippen LogP contribution < -0.4 is 4.74 Å². The maximum atomic E-state index is 16.3. The first kappa shape index (κ1) is 41.1. The first-order valence-corrected chi connectivity index (χ1v) is 22.8. The van der Waals surface area contributed by atoms with Gasteiger partial charge in [0.2, 0.25) is 0 Å². The number of carbonyl (C=O) groups is 1. The fourth-order valence-corrected chi connectivity index (χ4v) is 10.3. The van der Waals surface area contributed by atoms with Crippen LogP contribution in [0.2, 0.25) is 0 Å². The number of hydrogen-bond acceptors (Lipinski definition) is 7. The van der Waals surface area contributed by atoms with E-state index < -0.39 is 38.8 Å². The van der Waals surface area contributed by atoms with Gasteiger partial charge in [-0.25, -0.2) is 22.6 Å². The number of sulfone groups is 1. The molecule has 318 valence electrons. The molecule has 10 nitrogen and oxygen atoms in total. The second-order valence-corrected chi connectivity index (χ2v) is 19.5. The maximum absolute atomic E-state index is 16.3. The number of phenols is 1. The second-order valence-electron chi connectivity index (χ2n) is 17.3. The number of ether oxygens (including phenoxy) is 1. The van der Waals surface area contributed by atoms with E-state index in [4.69, 9.17) is 9.84 Å². The number of fused-ring (bicyclic) bond motifs is 2. The summed E-state index contributed by atoms with van der Waals surface area (Å²) in [7, 11) is -3.86. The van der Waals surface area contributed by atoms with Crippen molar-refractivity contribution in [2.24, 2.45) is 0 Å². The van der Waals surface area contributed by atoms with Crippen molar-refractivity contribution in [1.82, 2.24) is 19.7 Å². The average Bonchev–Trinajstić information content (AvgIpc) is 3.87. The molecule has 1 aliphatic carbocycles. The molecule has 12 heteroatoms. The maximum Gasteiger partial charge on any atom is 0.407 e. The molecule has 2 aliphatic rings. The number of rotatable bonds is 12. The number of carboxylic acid groups (broad SMARTS) is 1. The van der Waals surface area contributed by atoms with Crippen LogP contribution in [0.3, 0.4) is 0 Å². The second kappa shape index (κ2) is 15.6. The molecule has 1 aliphatic heterocycles. The van der Waals surface area contributed by atoms with Crippen molar-refractivity contribution >= 4 is 37.7 Å². The number of pyridine rings is 1. The van der Waals surface area contributed by atoms with Crippen LogP contribution in [0, 0.1) is 12.7 Å². The molecule has 0 unspecified atom stereocenters. The van der Waals surface area contributed by atoms with Crippen molar-refractivity contribution in [2.45, 2.75) is 81.4 Å². The molecule has 1 atom stereocenters. The number of benzene rings is 5. The Hall–Kier alpha value is -6.27. The highest BCUT2D eigenvalue weighted by Crippen LogP contribution is 2.52. The van der Waals surface area contributed by atoms with E-state index in [9.17, 15) is 23.4 Å². The van der Waals surface area contributed by atoms with Gasteiger partial charge in [0.1, 0.15) is 34.5 Å². The Balaban J connectivity index is 1.22. The molecule has 1 amide bonds. The first-order chi connectivity index (χ1) is 29.7. The highest BCUT2D eigenvalue weighted by molar-refractivity contribution is 7.91. The van der Waals surface area contributed by atoms with Crippen LogP contribution >= 0.6 is 0 Å². The molecule has 0 bridgehead atoms. The molecule has 2 fully saturated rings. The third-order valence-electron chi connectivity index (χ3n) is 12.8. The van der Waals surface area contributed by atoms with E-state index in [0.29, 0.717) is 34.9 Å². The number of hydrogen-bond donors (Lipinski definition) is 2. The molecule has 62 heavy (non-hydrogen) atoms. The first-order valence-electron chi connectivity index (χ1n) is 21.2. The largest absolute Gasteiger partial charge is 0.505 e. The predicted octanol–water partition coefficient (Wildman–Crippen LogP) is 9.90. The summed E-state index contributed by atoms with van der Waals surface area (Å²) in [5.41, 5.74) is 4.47. The lowest BCUT2D eigenvalue weighted by atomic mass is 9.74. The van der Waals surface area contributed by atoms with Gasteiger partial charge in [0.15, 0.2) is 14.9 Å². The zero-order valence-corrected chi connectivity index (χ0v) is 36.0. The Morgan fingerprint density at radius 3 is 2.02 bits per heavy atom. The van der Waals surface area contributed by atoms with E-state index in [1.165, 1.54) is 24.0 Å². The summed E-state index contributed by atoms with van der Waals surface area (Å²) < 4.78 is 51.5. The number of phenolic OH excluding ortho intramolecular Hbond substituents is 1. The van der Waals surface area contributed by atoms with Crippen LogP contribution in [0.1, 0.15) is 84.9 Å². The highest BCUT2D eigenvalue weighted by Gasteiger charge is 2.41. The Kier molecular flexibility index (Phi) is 10.3. The lowest BCUT2D eigenvalue weighted by Crippen LogP contribution is -2.38. The van der Waals surface area contributed by atoms with Crippen LogP contribution in [0.15, 0.2) is 120 Å². The molecule has 1 saturated carbocycles. The van der Waals surface area contributed by atoms with E-state index in [2.05, 4.69) is 41.4 Å². The number of aromatic hydroxyl groups is 1. The van der Waals surface area contributed by atoms with Gasteiger partial charge in [-0.3, -0.25) is 4.68 Å². The third-order valence-corrected chi connectivity index (χ3v) is 14.4. The van der Waals surface area contributed by atoms with Crippen LogP contribution in [0.4, 0.5) is 9.18 Å². The van der Waals surface area contributed by atoms with Gasteiger partial charge in [0, 0.05) is 47.6 Å². The van der Waals surface area contributed by atoms with Gasteiger partial charge in [-0.2, -0.15) is 5.10 Å². The van der Waals surface area contributed by atoms with Gasteiger partial charge >= 0.3 is 6.09 Å². The molecule has 7 aromatic rings. The van der Waals surface area contributed by atoms with Crippen molar-refractivity contribution in [3.05, 3.63) is 160 Å². The van der Waals surface area contributed by atoms with Crippen molar-refractivity contribution in [1.29, 1.82) is 0 Å². The normalized spacial score (nSPS) is 16.0. The number of likely N-dealkylation sites (tertiary alicyclic amines) is 1. The number of amides is 1. The van der Waals surface area contributed by atoms with Gasteiger partial charge in [0.25, 0.3) is 0 Å². The van der Waals surface area contributed by atoms with Gasteiger partial charge in [-0.05, 0) is 77.0 Å². The Labute approximate surface area is 360 Å². The summed E-state index contributed by atoms with van der Waals surface area (Å²) in [6.07, 6.45) is 2.98. The molecule has 0 spiro atoms. The SMILES string of the molecule is CCS(=O)(=O)c1cc(O[C@H]2CCN(C(=O)O)C2)c2cc(C3CC3)c(C(C)(C)Cc3c(C)c(F)cc4nn(C(c5ccccc5)(c5ccccc5)c5ccccc5)cc34)c(O)c2n1. The van der Waals surface area contributed by atoms with Crippen LogP contribution in [-0.4, -0.2) is 69.3 Å². The molecule has 3 heterocycles. The van der Waals surface area contributed by atoms with E-state index in [-0.39, 0.29) is 46.8 Å². The summed E-state index contributed by atoms with van der Waals surface area (Å²) in [4.78, 5) is 17.6. The van der Waals surface area contributed by atoms with Gasteiger partial charge in [0.05, 0.1) is 17.8 Å². The minimum absolute atomic E-state index is 0.0855. The fraction of sp³-hybridized carbons (Fsp3) is 0.300. The predicted molar refractivity (Wildman–Crippen MR) is 238 cm³/mol. The molecular weight excluding hydrogens is 804 g/mol. The quantitative estimate of drug-likeness (QED) is 0.116. The van der Waals surface area contributed by atoms with Crippen LogP contribution in [0.25, 0.3) is 21.8 Å². The minimum Gasteiger partial charge on any atom is -0.505 e. The molecule has 2 aromatic heterocycles. The van der Waals surface area contributed by atoms with Gasteiger partial charge in [-0.15, -0.1) is 0 Å². The molecule has 2 N–H and O–H groups in total. The Morgan fingerprint density at radius 2 is 1.48 bits per heavy atom. The summed E-state index contributed by atoms with van der Waals surface area (Å²) in [6.45, 7) is 7.76. The molecular formula is C50H49FN4O6S. The van der Waals surface area contributed by atoms with E-state index in [0.717, 1.165) is 46.0 Å². The topological polar surface area (TPSA) is 135 Å². The highest BCUT2D eigenvalue weighted by atomic mass is 32.2. The van der Waals surface area contributed by atoms with Crippen molar-refractivity contribution in [3.8, 4) is 11.5 Å². The van der Waals surface area contributed by atoms with Crippen molar-refractivity contribution in [3.63, 3.8) is 0 Å². The Bertz CT molecular complexity index is 2860. The van der Waals surface area contributed by atoms with Gasteiger partial charge in [-0.1, -0.05) is 112 Å². The van der Waals surface area contributed by atoms with E-state index >= 15 is 4.39 Å². The molecule has 0 radical (unpaired) electrons. The monoisotopic (exact) mass is 852 g/mol. The zero-order valence-electron chi connectivity index (χ0n) is 35.2. The standard InChI is InChI=1S/C50H49FN4O6S/c1-5-62(59,60)44-27-43(61-36-23-24-54(29-36)48(57)58)38-25-37(32-21-22-32)45(47(56)46(38)52-44)49(3,4)28-39-31(2)41(51)26-42-40(39)30-55(53-42)50(33-15-9-6-10-16-33,34-17-11-7-12-18-34)35-19-13-8-14-20-35/h6-20,25-27,30,32,36,56H,5,21-24,28-29H2,1-4H3,(H,57,58)/t36-/m0/s1. The summed E-state index contributed by atoms with van der Waals surface area (Å²) in [5.74, 6) is -0.407. The molecule has 1 saturated heterocycles. The minimum atomic E-state index is -3.86. The molecule has 5 aromatic carbocycles. The smallest absolute Gasteiger partial charge is 0.407 e. The fourth-order valence-electron chi connectivity index (χ4n) is 9.49. The summed E-state index contributed by atoms with van der Waals surface area (Å²) in [6, 6.07) is 35.4. The van der Waals surface area contributed by atoms with Crippen LogP contribution in [-0.2, 0) is 27.2 Å². The summed E-state index contributed by atoms with van der Waals surface area (Å²) in [5, 5.41) is 28.3. The average molecular weight is 853 g/mol. The zero-order chi connectivity index (χ0) is 43.6. The number of halogens is 1. The summed E-state index contributed by atoms with van der Waals surface area (Å²) >= 11 is 0. The number of aromatic nitrogens is 3. The van der Waals surface area contributed by atoms with Crippen LogP contribution in [0.5, 0.6) is 11.5 Å². The Morgan fingerprint density at radius 1 is 0.887 bits per heavy atom. The number of nitrogens with zero attached hydrogens (tertiary/aromatic N) is 4. The third kappa shape index (κ3) is 7.03. The molecule has 9 rings (SSSR count). The van der Waals surface area contributed by atoms with Gasteiger partial charge < -0.3 is 19.8 Å². The van der Waals surface area contributed by atoms with E-state index in [1.807, 2.05) is 85.4 Å². The lowest BCUT2D eigenvalue weighted by molar-refractivity contribution is 0.146. The lowest BCUT2D eigenvalue weighted by Gasteiger charge is -2.36. The van der Waals surface area contributed by atoms with Crippen molar-refractivity contribution in [2.75, 3.05) is 18.8 Å².